The van der Waals surface area contributed by atoms with E-state index in [1.807, 2.05) is 23.1 Å². The maximum atomic E-state index is 11.9. The Morgan fingerprint density at radius 3 is 2.55 bits per heavy atom. The Morgan fingerprint density at radius 1 is 1.20 bits per heavy atom. The van der Waals surface area contributed by atoms with Gasteiger partial charge in [-0.15, -0.1) is 0 Å². The lowest BCUT2D eigenvalue weighted by atomic mass is 10.0. The van der Waals surface area contributed by atoms with Crippen molar-refractivity contribution in [2.24, 2.45) is 0 Å². The third-order valence-corrected chi connectivity index (χ3v) is 3.86. The molecule has 1 amide bonds. The van der Waals surface area contributed by atoms with E-state index >= 15 is 0 Å². The summed E-state index contributed by atoms with van der Waals surface area (Å²) >= 11 is 0. The number of piperidine rings is 1. The number of benzene rings is 1. The monoisotopic (exact) mass is 275 g/mol. The zero-order chi connectivity index (χ0) is 14.7. The van der Waals surface area contributed by atoms with Crippen LogP contribution < -0.4 is 4.74 Å². The third-order valence-electron chi connectivity index (χ3n) is 3.86. The van der Waals surface area contributed by atoms with Crippen LogP contribution in [0.25, 0.3) is 0 Å². The number of rotatable bonds is 4. The van der Waals surface area contributed by atoms with Crippen molar-refractivity contribution in [1.29, 1.82) is 0 Å². The first-order chi connectivity index (χ1) is 9.49. The summed E-state index contributed by atoms with van der Waals surface area (Å²) in [5.74, 6) is 1.65. The average molecular weight is 275 g/mol. The number of hydrogen-bond donors (Lipinski definition) is 0. The number of carbonyl (C=O) groups excluding carboxylic acids is 1. The van der Waals surface area contributed by atoms with Crippen LogP contribution in [0, 0.1) is 0 Å². The molecule has 1 aliphatic heterocycles. The molecule has 3 nitrogen and oxygen atoms in total. The van der Waals surface area contributed by atoms with Crippen LogP contribution in [-0.2, 0) is 4.79 Å². The lowest BCUT2D eigenvalue weighted by Crippen LogP contribution is -2.47. The molecule has 110 valence electrons. The van der Waals surface area contributed by atoms with Crippen molar-refractivity contribution in [2.75, 3.05) is 6.54 Å². The van der Waals surface area contributed by atoms with E-state index in [0.29, 0.717) is 18.9 Å². The largest absolute Gasteiger partial charge is 0.488 e. The molecule has 1 unspecified atom stereocenters. The lowest BCUT2D eigenvalue weighted by Gasteiger charge is -2.35. The van der Waals surface area contributed by atoms with Crippen LogP contribution in [0.4, 0.5) is 0 Å². The molecule has 20 heavy (non-hydrogen) atoms. The van der Waals surface area contributed by atoms with Crippen LogP contribution in [0.5, 0.6) is 5.75 Å². The van der Waals surface area contributed by atoms with Gasteiger partial charge in [0.1, 0.15) is 11.9 Å². The zero-order valence-electron chi connectivity index (χ0n) is 12.9. The first-order valence-corrected chi connectivity index (χ1v) is 7.54. The van der Waals surface area contributed by atoms with Gasteiger partial charge < -0.3 is 9.64 Å². The Morgan fingerprint density at radius 2 is 1.90 bits per heavy atom. The van der Waals surface area contributed by atoms with Crippen molar-refractivity contribution in [3.63, 3.8) is 0 Å². The Labute approximate surface area is 121 Å². The smallest absolute Gasteiger partial charge is 0.223 e. The fraction of sp³-hybridized carbons (Fsp3) is 0.588. The van der Waals surface area contributed by atoms with Crippen LogP contribution in [0.2, 0.25) is 0 Å². The molecule has 1 aromatic carbocycles. The molecule has 2 rings (SSSR count). The summed E-state index contributed by atoms with van der Waals surface area (Å²) in [6.45, 7) is 9.16. The molecule has 1 aromatic rings. The molecule has 3 heteroatoms. The van der Waals surface area contributed by atoms with Crippen molar-refractivity contribution >= 4 is 5.91 Å². The van der Waals surface area contributed by atoms with E-state index in [9.17, 15) is 4.79 Å². The number of ether oxygens (including phenoxy) is 1. The highest BCUT2D eigenvalue weighted by Gasteiger charge is 2.28. The van der Waals surface area contributed by atoms with Crippen LogP contribution in [0.1, 0.15) is 52.0 Å². The summed E-state index contributed by atoms with van der Waals surface area (Å²) < 4.78 is 6.18. The molecule has 1 saturated heterocycles. The van der Waals surface area contributed by atoms with Crippen molar-refractivity contribution < 1.29 is 9.53 Å². The molecular weight excluding hydrogens is 250 g/mol. The molecule has 1 heterocycles. The second kappa shape index (κ2) is 6.29. The first-order valence-electron chi connectivity index (χ1n) is 7.54. The number of carbonyl (C=O) groups is 1. The van der Waals surface area contributed by atoms with Crippen molar-refractivity contribution in [1.82, 2.24) is 4.90 Å². The van der Waals surface area contributed by atoms with Crippen molar-refractivity contribution in [3.05, 3.63) is 29.8 Å². The quantitative estimate of drug-likeness (QED) is 0.840. The lowest BCUT2D eigenvalue weighted by molar-refractivity contribution is -0.138. The second-order valence-corrected chi connectivity index (χ2v) is 6.11. The average Bonchev–Trinajstić information content (AvgIpc) is 2.41. The SMILES string of the molecule is CC(C)c1ccccc1OC1CCC(=O)N(C(C)C)C1. The Balaban J connectivity index is 2.09. The highest BCUT2D eigenvalue weighted by molar-refractivity contribution is 5.77. The summed E-state index contributed by atoms with van der Waals surface area (Å²) in [6, 6.07) is 8.46. The summed E-state index contributed by atoms with van der Waals surface area (Å²) in [5, 5.41) is 0. The normalized spacial score (nSPS) is 19.8. The summed E-state index contributed by atoms with van der Waals surface area (Å²) in [6.07, 6.45) is 1.51. The number of nitrogens with zero attached hydrogens (tertiary/aromatic N) is 1. The van der Waals surface area contributed by atoms with Gasteiger partial charge in [-0.2, -0.15) is 0 Å². The second-order valence-electron chi connectivity index (χ2n) is 6.11. The predicted octanol–water partition coefficient (Wildman–Crippen LogP) is 3.59. The molecule has 0 radical (unpaired) electrons. The molecule has 1 fully saturated rings. The van der Waals surface area contributed by atoms with Gasteiger partial charge in [0, 0.05) is 12.5 Å². The van der Waals surface area contributed by atoms with Gasteiger partial charge in [0.15, 0.2) is 0 Å². The van der Waals surface area contributed by atoms with Gasteiger partial charge in [-0.25, -0.2) is 0 Å². The summed E-state index contributed by atoms with van der Waals surface area (Å²) in [5.41, 5.74) is 1.24. The molecule has 0 saturated carbocycles. The van der Waals surface area contributed by atoms with Gasteiger partial charge in [-0.3, -0.25) is 4.79 Å². The number of amides is 1. The number of para-hydroxylation sites is 1. The van der Waals surface area contributed by atoms with E-state index < -0.39 is 0 Å². The van der Waals surface area contributed by atoms with Gasteiger partial charge in [-0.05, 0) is 37.8 Å². The van der Waals surface area contributed by atoms with Crippen LogP contribution in [-0.4, -0.2) is 29.5 Å². The van der Waals surface area contributed by atoms with Gasteiger partial charge in [-0.1, -0.05) is 32.0 Å². The van der Waals surface area contributed by atoms with Crippen LogP contribution >= 0.6 is 0 Å². The minimum absolute atomic E-state index is 0.106. The van der Waals surface area contributed by atoms with Crippen molar-refractivity contribution in [2.45, 2.75) is 58.6 Å². The van der Waals surface area contributed by atoms with Crippen LogP contribution in [0.15, 0.2) is 24.3 Å². The van der Waals surface area contributed by atoms with E-state index in [1.54, 1.807) is 0 Å². The predicted molar refractivity (Wildman–Crippen MR) is 81.0 cm³/mol. The van der Waals surface area contributed by atoms with E-state index in [-0.39, 0.29) is 18.1 Å². The van der Waals surface area contributed by atoms with Gasteiger partial charge >= 0.3 is 0 Å². The Kier molecular flexibility index (Phi) is 4.69. The van der Waals surface area contributed by atoms with E-state index in [2.05, 4.69) is 33.8 Å². The zero-order valence-corrected chi connectivity index (χ0v) is 12.9. The molecule has 1 aliphatic rings. The fourth-order valence-electron chi connectivity index (χ4n) is 2.68. The minimum atomic E-state index is 0.106. The highest BCUT2D eigenvalue weighted by atomic mass is 16.5. The highest BCUT2D eigenvalue weighted by Crippen LogP contribution is 2.28. The Hall–Kier alpha value is -1.51. The molecule has 1 atom stereocenters. The van der Waals surface area contributed by atoms with E-state index in [0.717, 1.165) is 12.2 Å². The topological polar surface area (TPSA) is 29.5 Å². The van der Waals surface area contributed by atoms with E-state index in [4.69, 9.17) is 4.74 Å². The maximum absolute atomic E-state index is 11.9. The minimum Gasteiger partial charge on any atom is -0.488 e. The first kappa shape index (κ1) is 14.9. The fourth-order valence-corrected chi connectivity index (χ4v) is 2.68. The summed E-state index contributed by atoms with van der Waals surface area (Å²) in [7, 11) is 0. The Bertz CT molecular complexity index is 468. The molecule has 0 spiro atoms. The van der Waals surface area contributed by atoms with Crippen LogP contribution in [0.3, 0.4) is 0 Å². The van der Waals surface area contributed by atoms with Gasteiger partial charge in [0.2, 0.25) is 5.91 Å². The molecule has 0 aliphatic carbocycles. The van der Waals surface area contributed by atoms with E-state index in [1.165, 1.54) is 5.56 Å². The number of hydrogen-bond acceptors (Lipinski definition) is 2. The standard InChI is InChI=1S/C17H25NO2/c1-12(2)15-7-5-6-8-16(15)20-14-9-10-17(19)18(11-14)13(3)4/h5-8,12-14H,9-11H2,1-4H3. The van der Waals surface area contributed by atoms with Gasteiger partial charge in [0.05, 0.1) is 6.54 Å². The molecule has 0 aromatic heterocycles. The number of likely N-dealkylation sites (tertiary alicyclic amines) is 1. The molecule has 0 bridgehead atoms. The maximum Gasteiger partial charge on any atom is 0.223 e. The summed E-state index contributed by atoms with van der Waals surface area (Å²) in [4.78, 5) is 13.8. The molecular formula is C17H25NO2. The third kappa shape index (κ3) is 3.33. The van der Waals surface area contributed by atoms with Crippen molar-refractivity contribution in [3.8, 4) is 5.75 Å². The molecule has 0 N–H and O–H groups in total. The van der Waals surface area contributed by atoms with Gasteiger partial charge in [0.25, 0.3) is 0 Å².